The van der Waals surface area contributed by atoms with E-state index in [1.54, 1.807) is 14.0 Å². The van der Waals surface area contributed by atoms with Crippen LogP contribution in [0.5, 0.6) is 0 Å². The number of carboxylic acid groups (broad SMARTS) is 1. The molecule has 0 aliphatic rings. The summed E-state index contributed by atoms with van der Waals surface area (Å²) in [4.78, 5) is 24.1. The maximum atomic E-state index is 11.8. The second-order valence-electron chi connectivity index (χ2n) is 4.85. The first kappa shape index (κ1) is 15.2. The number of nitrogens with zero attached hydrogens (tertiary/aromatic N) is 1. The Morgan fingerprint density at radius 3 is 2.26 bits per heavy atom. The summed E-state index contributed by atoms with van der Waals surface area (Å²) in [7, 11) is 1.61. The van der Waals surface area contributed by atoms with Crippen molar-refractivity contribution in [3.63, 3.8) is 0 Å². The molecule has 1 rings (SSSR count). The number of hydrogen-bond donors (Lipinski definition) is 2. The van der Waals surface area contributed by atoms with Crippen LogP contribution in [0.2, 0.25) is 0 Å². The fourth-order valence-electron chi connectivity index (χ4n) is 1.80. The van der Waals surface area contributed by atoms with Crippen molar-refractivity contribution in [3.8, 4) is 0 Å². The van der Waals surface area contributed by atoms with E-state index in [-0.39, 0.29) is 12.5 Å². The van der Waals surface area contributed by atoms with Gasteiger partial charge in [-0.25, -0.2) is 0 Å². The molecule has 1 amide bonds. The summed E-state index contributed by atoms with van der Waals surface area (Å²) in [6.45, 7) is 5.51. The highest BCUT2D eigenvalue weighted by atomic mass is 16.4. The van der Waals surface area contributed by atoms with Crippen LogP contribution >= 0.6 is 0 Å². The first-order valence-corrected chi connectivity index (χ1v) is 6.11. The first-order valence-electron chi connectivity index (χ1n) is 6.11. The van der Waals surface area contributed by atoms with Crippen molar-refractivity contribution in [2.75, 3.05) is 18.9 Å². The van der Waals surface area contributed by atoms with Gasteiger partial charge in [-0.2, -0.15) is 0 Å². The number of carbonyl (C=O) groups excluding carboxylic acids is 1. The molecule has 1 aromatic carbocycles. The Hall–Kier alpha value is -1.88. The molecule has 2 N–H and O–H groups in total. The van der Waals surface area contributed by atoms with Gasteiger partial charge in [0.15, 0.2) is 0 Å². The number of likely N-dealkylation sites (N-methyl/N-ethyl adjacent to an activating group) is 1. The van der Waals surface area contributed by atoms with Crippen LogP contribution in [0.1, 0.15) is 18.1 Å². The molecule has 0 aliphatic heterocycles. The number of anilines is 1. The van der Waals surface area contributed by atoms with E-state index in [0.29, 0.717) is 0 Å². The van der Waals surface area contributed by atoms with Gasteiger partial charge in [-0.05, 0) is 51.1 Å². The number of rotatable bonds is 5. The fourth-order valence-corrected chi connectivity index (χ4v) is 1.80. The molecule has 104 valence electrons. The van der Waals surface area contributed by atoms with Crippen LogP contribution in [0.4, 0.5) is 5.69 Å². The second kappa shape index (κ2) is 6.33. The third kappa shape index (κ3) is 4.71. The van der Waals surface area contributed by atoms with Crippen molar-refractivity contribution in [1.82, 2.24) is 4.90 Å². The van der Waals surface area contributed by atoms with Crippen molar-refractivity contribution in [1.29, 1.82) is 0 Å². The minimum Gasteiger partial charge on any atom is -0.480 e. The van der Waals surface area contributed by atoms with E-state index in [1.165, 1.54) is 4.90 Å². The number of amides is 1. The van der Waals surface area contributed by atoms with Gasteiger partial charge in [-0.1, -0.05) is 6.07 Å². The molecule has 1 atom stereocenters. The fraction of sp³-hybridized carbons (Fsp3) is 0.429. The molecule has 0 saturated heterocycles. The van der Waals surface area contributed by atoms with E-state index in [1.807, 2.05) is 32.0 Å². The van der Waals surface area contributed by atoms with Crippen LogP contribution in [0.15, 0.2) is 18.2 Å². The van der Waals surface area contributed by atoms with Crippen LogP contribution in [0, 0.1) is 13.8 Å². The quantitative estimate of drug-likeness (QED) is 0.848. The highest BCUT2D eigenvalue weighted by Gasteiger charge is 2.19. The third-order valence-electron chi connectivity index (χ3n) is 2.92. The highest BCUT2D eigenvalue weighted by Crippen LogP contribution is 2.13. The number of benzene rings is 1. The highest BCUT2D eigenvalue weighted by molar-refractivity contribution is 5.92. The van der Waals surface area contributed by atoms with Crippen molar-refractivity contribution in [2.45, 2.75) is 26.8 Å². The van der Waals surface area contributed by atoms with E-state index in [2.05, 4.69) is 5.32 Å². The predicted octanol–water partition coefficient (Wildman–Crippen LogP) is 1.65. The first-order chi connectivity index (χ1) is 8.79. The summed E-state index contributed by atoms with van der Waals surface area (Å²) in [5.41, 5.74) is 2.88. The lowest BCUT2D eigenvalue weighted by atomic mass is 10.1. The summed E-state index contributed by atoms with van der Waals surface area (Å²) >= 11 is 0. The molecule has 0 aliphatic carbocycles. The topological polar surface area (TPSA) is 69.6 Å². The molecule has 1 aromatic rings. The lowest BCUT2D eigenvalue weighted by molar-refractivity contribution is -0.142. The lowest BCUT2D eigenvalue weighted by Gasteiger charge is -2.20. The molecule has 0 bridgehead atoms. The molecule has 0 heterocycles. The number of carbonyl (C=O) groups is 2. The van der Waals surface area contributed by atoms with Crippen LogP contribution < -0.4 is 5.32 Å². The maximum absolute atomic E-state index is 11.8. The summed E-state index contributed by atoms with van der Waals surface area (Å²) in [5, 5.41) is 11.6. The molecule has 0 spiro atoms. The second-order valence-corrected chi connectivity index (χ2v) is 4.85. The minimum absolute atomic E-state index is 0.0421. The number of hydrogen-bond acceptors (Lipinski definition) is 3. The van der Waals surface area contributed by atoms with Gasteiger partial charge in [0.2, 0.25) is 5.91 Å². The zero-order valence-electron chi connectivity index (χ0n) is 11.7. The Morgan fingerprint density at radius 1 is 1.26 bits per heavy atom. The van der Waals surface area contributed by atoms with Crippen LogP contribution in [0.3, 0.4) is 0 Å². The molecule has 19 heavy (non-hydrogen) atoms. The third-order valence-corrected chi connectivity index (χ3v) is 2.92. The van der Waals surface area contributed by atoms with E-state index < -0.39 is 12.0 Å². The Labute approximate surface area is 113 Å². The summed E-state index contributed by atoms with van der Waals surface area (Å²) in [6, 6.07) is 5.09. The molecule has 0 radical (unpaired) electrons. The number of nitrogens with one attached hydrogen (secondary N) is 1. The van der Waals surface area contributed by atoms with Gasteiger partial charge in [0.25, 0.3) is 0 Å². The normalized spacial score (nSPS) is 12.3. The Kier molecular flexibility index (Phi) is 5.06. The lowest BCUT2D eigenvalue weighted by Crippen LogP contribution is -2.40. The largest absolute Gasteiger partial charge is 0.480 e. The van der Waals surface area contributed by atoms with E-state index in [4.69, 9.17) is 5.11 Å². The van der Waals surface area contributed by atoms with Crippen molar-refractivity contribution in [3.05, 3.63) is 29.3 Å². The van der Waals surface area contributed by atoms with Crippen molar-refractivity contribution >= 4 is 17.6 Å². The molecule has 0 saturated carbocycles. The molecular weight excluding hydrogens is 244 g/mol. The Balaban J connectivity index is 2.62. The van der Waals surface area contributed by atoms with Crippen LogP contribution in [0.25, 0.3) is 0 Å². The van der Waals surface area contributed by atoms with Gasteiger partial charge in [-0.3, -0.25) is 14.5 Å². The van der Waals surface area contributed by atoms with Crippen LogP contribution in [-0.2, 0) is 9.59 Å². The smallest absolute Gasteiger partial charge is 0.320 e. The Bertz CT molecular complexity index is 465. The molecule has 1 unspecified atom stereocenters. The van der Waals surface area contributed by atoms with Crippen molar-refractivity contribution in [2.24, 2.45) is 0 Å². The molecule has 0 fully saturated rings. The zero-order valence-corrected chi connectivity index (χ0v) is 11.7. The summed E-state index contributed by atoms with van der Waals surface area (Å²) in [6.07, 6.45) is 0. The molecule has 0 aromatic heterocycles. The van der Waals surface area contributed by atoms with E-state index in [9.17, 15) is 9.59 Å². The van der Waals surface area contributed by atoms with Gasteiger partial charge < -0.3 is 10.4 Å². The van der Waals surface area contributed by atoms with Gasteiger partial charge in [0, 0.05) is 5.69 Å². The standard InChI is InChI=1S/C14H20N2O3/c1-9-5-10(2)7-12(6-9)15-13(17)8-16(4)11(3)14(18)19/h5-7,11H,8H2,1-4H3,(H,15,17)(H,18,19). The van der Waals surface area contributed by atoms with Gasteiger partial charge in [0.05, 0.1) is 6.54 Å². The monoisotopic (exact) mass is 264 g/mol. The average molecular weight is 264 g/mol. The minimum atomic E-state index is -0.943. The molecule has 5 nitrogen and oxygen atoms in total. The number of carboxylic acids is 1. The van der Waals surface area contributed by atoms with E-state index in [0.717, 1.165) is 16.8 Å². The Morgan fingerprint density at radius 2 is 1.79 bits per heavy atom. The van der Waals surface area contributed by atoms with Crippen LogP contribution in [-0.4, -0.2) is 41.5 Å². The van der Waals surface area contributed by atoms with Crippen molar-refractivity contribution < 1.29 is 14.7 Å². The predicted molar refractivity (Wildman–Crippen MR) is 74.3 cm³/mol. The number of aryl methyl sites for hydroxylation is 2. The molecular formula is C14H20N2O3. The summed E-state index contributed by atoms with van der Waals surface area (Å²) in [5.74, 6) is -1.16. The van der Waals surface area contributed by atoms with Gasteiger partial charge in [0.1, 0.15) is 6.04 Å². The maximum Gasteiger partial charge on any atom is 0.320 e. The van der Waals surface area contributed by atoms with Gasteiger partial charge >= 0.3 is 5.97 Å². The van der Waals surface area contributed by atoms with E-state index >= 15 is 0 Å². The zero-order chi connectivity index (χ0) is 14.6. The number of aliphatic carboxylic acids is 1. The SMILES string of the molecule is Cc1cc(C)cc(NC(=O)CN(C)C(C)C(=O)O)c1. The molecule has 5 heteroatoms. The average Bonchev–Trinajstić information content (AvgIpc) is 2.25. The summed E-state index contributed by atoms with van der Waals surface area (Å²) < 4.78 is 0. The van der Waals surface area contributed by atoms with Gasteiger partial charge in [-0.15, -0.1) is 0 Å².